The summed E-state index contributed by atoms with van der Waals surface area (Å²) >= 11 is 0. The van der Waals surface area contributed by atoms with Crippen LogP contribution in [0.1, 0.15) is 47.8 Å². The van der Waals surface area contributed by atoms with Crippen LogP contribution in [0.3, 0.4) is 0 Å². The molecule has 5 rings (SSSR count). The lowest BCUT2D eigenvalue weighted by Gasteiger charge is -2.16. The minimum atomic E-state index is -0.808. The third-order valence-corrected chi connectivity index (χ3v) is 6.20. The van der Waals surface area contributed by atoms with Crippen LogP contribution in [0.25, 0.3) is 22.6 Å². The van der Waals surface area contributed by atoms with Gasteiger partial charge in [0.15, 0.2) is 5.82 Å². The fraction of sp³-hybridized carbons (Fsp3) is 0.222. The first-order valence-electron chi connectivity index (χ1n) is 11.5. The number of anilines is 1. The number of aromatic nitrogens is 4. The molecule has 1 amide bonds. The van der Waals surface area contributed by atoms with Gasteiger partial charge in [-0.3, -0.25) is 14.5 Å². The minimum absolute atomic E-state index is 0.0881. The average Bonchev–Trinajstić information content (AvgIpc) is 3.48. The Morgan fingerprint density at radius 1 is 1.06 bits per heavy atom. The van der Waals surface area contributed by atoms with Crippen molar-refractivity contribution in [2.45, 2.75) is 39.3 Å². The summed E-state index contributed by atoms with van der Waals surface area (Å²) in [5.41, 5.74) is 5.17. The number of hydrogen-bond acceptors (Lipinski definition) is 5. The van der Waals surface area contributed by atoms with E-state index in [9.17, 15) is 9.59 Å². The van der Waals surface area contributed by atoms with E-state index in [-0.39, 0.29) is 18.4 Å². The van der Waals surface area contributed by atoms with Crippen LogP contribution in [-0.4, -0.2) is 36.7 Å². The Morgan fingerprint density at radius 3 is 2.57 bits per heavy atom. The first-order valence-corrected chi connectivity index (χ1v) is 11.5. The van der Waals surface area contributed by atoms with Gasteiger partial charge in [-0.2, -0.15) is 0 Å². The largest absolute Gasteiger partial charge is 0.481 e. The molecule has 0 aliphatic carbocycles. The van der Waals surface area contributed by atoms with Gasteiger partial charge in [0.05, 0.1) is 6.54 Å². The number of rotatable bonds is 7. The molecule has 0 atom stereocenters. The highest BCUT2D eigenvalue weighted by Crippen LogP contribution is 2.32. The molecule has 1 N–H and O–H groups in total. The molecule has 1 aliphatic rings. The molecule has 1 aliphatic heterocycles. The number of fused-ring (bicyclic) bond motifs is 1. The second kappa shape index (κ2) is 9.13. The molecule has 0 saturated heterocycles. The van der Waals surface area contributed by atoms with E-state index in [0.717, 1.165) is 22.3 Å². The van der Waals surface area contributed by atoms with Gasteiger partial charge >= 0.3 is 5.97 Å². The summed E-state index contributed by atoms with van der Waals surface area (Å²) in [4.78, 5) is 30.6. The van der Waals surface area contributed by atoms with E-state index in [0.29, 0.717) is 35.9 Å². The van der Waals surface area contributed by atoms with Crippen LogP contribution in [0.5, 0.6) is 0 Å². The van der Waals surface area contributed by atoms with Crippen molar-refractivity contribution >= 4 is 17.7 Å². The highest BCUT2D eigenvalue weighted by molar-refractivity contribution is 6.10. The van der Waals surface area contributed by atoms with Crippen molar-refractivity contribution in [3.8, 4) is 22.6 Å². The molecule has 176 valence electrons. The van der Waals surface area contributed by atoms with Crippen LogP contribution in [0.15, 0.2) is 67.0 Å². The fourth-order valence-electron chi connectivity index (χ4n) is 4.28. The molecule has 8 heteroatoms. The van der Waals surface area contributed by atoms with E-state index in [1.165, 1.54) is 0 Å². The molecule has 0 bridgehead atoms. The summed E-state index contributed by atoms with van der Waals surface area (Å²) in [6.45, 7) is 4.56. The van der Waals surface area contributed by atoms with E-state index < -0.39 is 5.97 Å². The summed E-state index contributed by atoms with van der Waals surface area (Å²) in [6, 6.07) is 19.5. The zero-order valence-corrected chi connectivity index (χ0v) is 19.5. The summed E-state index contributed by atoms with van der Waals surface area (Å²) in [5, 5.41) is 17.1. The van der Waals surface area contributed by atoms with Crippen molar-refractivity contribution in [3.63, 3.8) is 0 Å². The van der Waals surface area contributed by atoms with E-state index >= 15 is 0 Å². The number of hydrogen-bond donors (Lipinski definition) is 1. The van der Waals surface area contributed by atoms with Gasteiger partial charge in [-0.1, -0.05) is 42.5 Å². The third kappa shape index (κ3) is 4.42. The van der Waals surface area contributed by atoms with Gasteiger partial charge < -0.3 is 9.67 Å². The Labute approximate surface area is 202 Å². The second-order valence-corrected chi connectivity index (χ2v) is 8.89. The van der Waals surface area contributed by atoms with Crippen LogP contribution in [-0.2, 0) is 17.8 Å². The zero-order chi connectivity index (χ0) is 24.5. The lowest BCUT2D eigenvalue weighted by molar-refractivity contribution is -0.136. The lowest BCUT2D eigenvalue weighted by atomic mass is 9.98. The van der Waals surface area contributed by atoms with Crippen LogP contribution >= 0.6 is 0 Å². The second-order valence-electron chi connectivity index (χ2n) is 8.89. The molecule has 2 aromatic carbocycles. The van der Waals surface area contributed by atoms with E-state index in [1.807, 2.05) is 65.2 Å². The number of aliphatic carboxylic acids is 1. The molecule has 0 radical (unpaired) electrons. The van der Waals surface area contributed by atoms with Crippen LogP contribution in [0.2, 0.25) is 0 Å². The van der Waals surface area contributed by atoms with Crippen LogP contribution in [0.4, 0.5) is 5.82 Å². The van der Waals surface area contributed by atoms with Gasteiger partial charge in [0.25, 0.3) is 5.91 Å². The SMILES string of the molecule is CC(C)n1cnnc1-c1cccc(N2Cc3ccc(-c4ccc(CCC(=O)O)cc4)cc3C2=O)n1. The predicted molar refractivity (Wildman–Crippen MR) is 132 cm³/mol. The number of carboxylic acids is 1. The average molecular weight is 468 g/mol. The smallest absolute Gasteiger partial charge is 0.303 e. The van der Waals surface area contributed by atoms with Gasteiger partial charge in [-0.25, -0.2) is 4.98 Å². The molecule has 3 heterocycles. The molecule has 0 spiro atoms. The highest BCUT2D eigenvalue weighted by atomic mass is 16.4. The first-order chi connectivity index (χ1) is 16.9. The number of aryl methyl sites for hydroxylation is 1. The van der Waals surface area contributed by atoms with Crippen molar-refractivity contribution in [2.75, 3.05) is 4.90 Å². The minimum Gasteiger partial charge on any atom is -0.481 e. The summed E-state index contributed by atoms with van der Waals surface area (Å²) in [5.74, 6) is 0.346. The highest BCUT2D eigenvalue weighted by Gasteiger charge is 2.30. The molecule has 2 aromatic heterocycles. The van der Waals surface area contributed by atoms with Crippen molar-refractivity contribution in [3.05, 3.63) is 83.7 Å². The number of carbonyl (C=O) groups excluding carboxylic acids is 1. The maximum atomic E-state index is 13.4. The Balaban J connectivity index is 1.39. The lowest BCUT2D eigenvalue weighted by Crippen LogP contribution is -2.24. The topological polar surface area (TPSA) is 101 Å². The zero-order valence-electron chi connectivity index (χ0n) is 19.5. The molecular formula is C27H25N5O3. The van der Waals surface area contributed by atoms with E-state index in [4.69, 9.17) is 10.1 Å². The number of amides is 1. The van der Waals surface area contributed by atoms with E-state index in [2.05, 4.69) is 24.0 Å². The fourth-order valence-corrected chi connectivity index (χ4v) is 4.28. The molecule has 35 heavy (non-hydrogen) atoms. The van der Waals surface area contributed by atoms with Crippen molar-refractivity contribution in [1.82, 2.24) is 19.7 Å². The Morgan fingerprint density at radius 2 is 1.83 bits per heavy atom. The number of pyridine rings is 1. The number of carboxylic acid groups (broad SMARTS) is 1. The summed E-state index contributed by atoms with van der Waals surface area (Å²) < 4.78 is 1.95. The first kappa shape index (κ1) is 22.5. The molecule has 8 nitrogen and oxygen atoms in total. The van der Waals surface area contributed by atoms with Crippen LogP contribution < -0.4 is 4.90 Å². The summed E-state index contributed by atoms with van der Waals surface area (Å²) in [6.07, 6.45) is 2.28. The molecule has 0 unspecified atom stereocenters. The van der Waals surface area contributed by atoms with Crippen molar-refractivity contribution in [1.29, 1.82) is 0 Å². The maximum Gasteiger partial charge on any atom is 0.303 e. The van der Waals surface area contributed by atoms with Gasteiger partial charge in [-0.15, -0.1) is 10.2 Å². The van der Waals surface area contributed by atoms with Gasteiger partial charge in [0.2, 0.25) is 0 Å². The Hall–Kier alpha value is -4.33. The Bertz CT molecular complexity index is 1410. The third-order valence-electron chi connectivity index (χ3n) is 6.20. The molecule has 0 fully saturated rings. The van der Waals surface area contributed by atoms with Gasteiger partial charge in [0.1, 0.15) is 17.8 Å². The van der Waals surface area contributed by atoms with Crippen LogP contribution in [0, 0.1) is 0 Å². The Kier molecular flexibility index (Phi) is 5.86. The summed E-state index contributed by atoms with van der Waals surface area (Å²) in [7, 11) is 0. The van der Waals surface area contributed by atoms with Gasteiger partial charge in [0, 0.05) is 18.0 Å². The number of nitrogens with zero attached hydrogens (tertiary/aromatic N) is 5. The number of carbonyl (C=O) groups is 2. The molecule has 4 aromatic rings. The van der Waals surface area contributed by atoms with Crippen molar-refractivity contribution in [2.24, 2.45) is 0 Å². The normalized spacial score (nSPS) is 12.9. The monoisotopic (exact) mass is 467 g/mol. The van der Waals surface area contributed by atoms with Crippen molar-refractivity contribution < 1.29 is 14.7 Å². The van der Waals surface area contributed by atoms with E-state index in [1.54, 1.807) is 11.2 Å². The maximum absolute atomic E-state index is 13.4. The predicted octanol–water partition coefficient (Wildman–Crippen LogP) is 4.77. The molecular weight excluding hydrogens is 442 g/mol. The standard InChI is InChI=1S/C27H25N5O3/c1-17(2)32-16-28-30-26(32)23-4-3-5-24(29-23)31-15-21-12-11-20(14-22(21)27(31)35)19-9-6-18(7-10-19)8-13-25(33)34/h3-7,9-12,14,16-17H,8,13,15H2,1-2H3,(H,33,34). The number of benzene rings is 2. The molecule has 0 saturated carbocycles. The quantitative estimate of drug-likeness (QED) is 0.420. The van der Waals surface area contributed by atoms with Gasteiger partial charge in [-0.05, 0) is 60.7 Å².